The first-order valence-electron chi connectivity index (χ1n) is 4.80. The third kappa shape index (κ3) is 4.55. The molecule has 0 amide bonds. The van der Waals surface area contributed by atoms with E-state index in [0.717, 1.165) is 19.5 Å². The van der Waals surface area contributed by atoms with Gasteiger partial charge in [-0.05, 0) is 19.8 Å². The van der Waals surface area contributed by atoms with Crippen molar-refractivity contribution in [1.29, 1.82) is 0 Å². The van der Waals surface area contributed by atoms with E-state index in [9.17, 15) is 5.11 Å². The highest BCUT2D eigenvalue weighted by Crippen LogP contribution is 2.26. The van der Waals surface area contributed by atoms with Crippen molar-refractivity contribution >= 4 is 17.2 Å². The van der Waals surface area contributed by atoms with Crippen molar-refractivity contribution < 1.29 is 5.11 Å². The summed E-state index contributed by atoms with van der Waals surface area (Å²) in [5.41, 5.74) is 5.43. The molecule has 0 aromatic carbocycles. The first-order chi connectivity index (χ1) is 6.09. The second kappa shape index (κ2) is 4.88. The minimum absolute atomic E-state index is 0.257. The standard InChI is InChI=1S/C9H18N2OS/c1-7(12)6-11(8-2-3-8)5-4-9(10)13/h7-8,12H,2-6H2,1H3,(H2,10,13). The maximum Gasteiger partial charge on any atom is 0.0740 e. The highest BCUT2D eigenvalue weighted by molar-refractivity contribution is 7.80. The number of hydrogen-bond donors (Lipinski definition) is 2. The summed E-state index contributed by atoms with van der Waals surface area (Å²) in [4.78, 5) is 2.85. The summed E-state index contributed by atoms with van der Waals surface area (Å²) >= 11 is 4.82. The lowest BCUT2D eigenvalue weighted by atomic mass is 10.3. The molecule has 1 saturated carbocycles. The van der Waals surface area contributed by atoms with Crippen LogP contribution in [0, 0.1) is 0 Å². The number of aliphatic hydroxyl groups is 1. The van der Waals surface area contributed by atoms with E-state index in [1.165, 1.54) is 12.8 Å². The van der Waals surface area contributed by atoms with Crippen molar-refractivity contribution in [2.45, 2.75) is 38.3 Å². The lowest BCUT2D eigenvalue weighted by Gasteiger charge is -2.22. The monoisotopic (exact) mass is 202 g/mol. The van der Waals surface area contributed by atoms with E-state index >= 15 is 0 Å². The molecule has 0 spiro atoms. The summed E-state index contributed by atoms with van der Waals surface area (Å²) in [6, 6.07) is 0.670. The van der Waals surface area contributed by atoms with Crippen molar-refractivity contribution in [1.82, 2.24) is 4.90 Å². The molecule has 3 nitrogen and oxygen atoms in total. The maximum atomic E-state index is 9.26. The SMILES string of the molecule is CC(O)CN(CCC(N)=S)C1CC1. The molecular weight excluding hydrogens is 184 g/mol. The van der Waals surface area contributed by atoms with Gasteiger partial charge in [-0.3, -0.25) is 4.90 Å². The summed E-state index contributed by atoms with van der Waals surface area (Å²) in [6.45, 7) is 3.45. The van der Waals surface area contributed by atoms with Gasteiger partial charge in [-0.1, -0.05) is 12.2 Å². The molecule has 1 fully saturated rings. The fourth-order valence-electron chi connectivity index (χ4n) is 1.46. The Labute approximate surface area is 84.9 Å². The van der Waals surface area contributed by atoms with Crippen LogP contribution in [0.2, 0.25) is 0 Å². The van der Waals surface area contributed by atoms with Gasteiger partial charge in [0.2, 0.25) is 0 Å². The number of nitrogens with two attached hydrogens (primary N) is 1. The van der Waals surface area contributed by atoms with Crippen LogP contribution >= 0.6 is 12.2 Å². The predicted octanol–water partition coefficient (Wildman–Crippen LogP) is 0.508. The van der Waals surface area contributed by atoms with Gasteiger partial charge in [0.15, 0.2) is 0 Å². The molecule has 0 aromatic rings. The molecule has 0 bridgehead atoms. The number of aliphatic hydroxyl groups excluding tert-OH is 1. The van der Waals surface area contributed by atoms with Gasteiger partial charge in [0.1, 0.15) is 0 Å². The number of rotatable bonds is 6. The van der Waals surface area contributed by atoms with Gasteiger partial charge in [-0.25, -0.2) is 0 Å². The third-order valence-electron chi connectivity index (χ3n) is 2.21. The highest BCUT2D eigenvalue weighted by Gasteiger charge is 2.29. The second-order valence-electron chi connectivity index (χ2n) is 3.79. The van der Waals surface area contributed by atoms with Crippen LogP contribution in [-0.2, 0) is 0 Å². The topological polar surface area (TPSA) is 49.5 Å². The molecule has 0 aliphatic heterocycles. The first kappa shape index (κ1) is 10.9. The molecule has 76 valence electrons. The summed E-state index contributed by atoms with van der Waals surface area (Å²) in [6.07, 6.45) is 3.01. The minimum atomic E-state index is -0.257. The minimum Gasteiger partial charge on any atom is -0.393 e. The van der Waals surface area contributed by atoms with Crippen LogP contribution in [0.1, 0.15) is 26.2 Å². The third-order valence-corrected chi connectivity index (χ3v) is 2.41. The van der Waals surface area contributed by atoms with Crippen molar-refractivity contribution in [2.75, 3.05) is 13.1 Å². The van der Waals surface area contributed by atoms with E-state index < -0.39 is 0 Å². The largest absolute Gasteiger partial charge is 0.393 e. The van der Waals surface area contributed by atoms with Crippen molar-refractivity contribution in [2.24, 2.45) is 5.73 Å². The maximum absolute atomic E-state index is 9.26. The van der Waals surface area contributed by atoms with Crippen LogP contribution in [-0.4, -0.2) is 40.2 Å². The van der Waals surface area contributed by atoms with E-state index in [4.69, 9.17) is 18.0 Å². The van der Waals surface area contributed by atoms with E-state index in [-0.39, 0.29) is 6.10 Å². The Morgan fingerprint density at radius 1 is 1.69 bits per heavy atom. The van der Waals surface area contributed by atoms with Gasteiger partial charge < -0.3 is 10.8 Å². The van der Waals surface area contributed by atoms with E-state index in [1.807, 2.05) is 6.92 Å². The van der Waals surface area contributed by atoms with Crippen LogP contribution in [0.25, 0.3) is 0 Å². The normalized spacial score (nSPS) is 19.0. The van der Waals surface area contributed by atoms with Gasteiger partial charge in [0.25, 0.3) is 0 Å². The molecule has 1 unspecified atom stereocenters. The van der Waals surface area contributed by atoms with Gasteiger partial charge in [0.05, 0.1) is 11.1 Å². The summed E-state index contributed by atoms with van der Waals surface area (Å²) in [5.74, 6) is 0. The molecule has 0 saturated heterocycles. The molecule has 0 aromatic heterocycles. The Kier molecular flexibility index (Phi) is 4.09. The molecule has 1 atom stereocenters. The number of nitrogens with zero attached hydrogens (tertiary/aromatic N) is 1. The van der Waals surface area contributed by atoms with Gasteiger partial charge in [0, 0.05) is 25.6 Å². The molecule has 0 heterocycles. The molecule has 1 aliphatic carbocycles. The van der Waals surface area contributed by atoms with Gasteiger partial charge in [-0.2, -0.15) is 0 Å². The predicted molar refractivity (Wildman–Crippen MR) is 57.7 cm³/mol. The lowest BCUT2D eigenvalue weighted by molar-refractivity contribution is 0.124. The van der Waals surface area contributed by atoms with Gasteiger partial charge in [-0.15, -0.1) is 0 Å². The lowest BCUT2D eigenvalue weighted by Crippen LogP contribution is -2.35. The number of thiocarbonyl (C=S) groups is 1. The van der Waals surface area contributed by atoms with Crippen LogP contribution in [0.3, 0.4) is 0 Å². The fraction of sp³-hybridized carbons (Fsp3) is 0.889. The zero-order chi connectivity index (χ0) is 9.84. The van der Waals surface area contributed by atoms with Crippen LogP contribution in [0.15, 0.2) is 0 Å². The first-order valence-corrected chi connectivity index (χ1v) is 5.21. The van der Waals surface area contributed by atoms with E-state index in [1.54, 1.807) is 0 Å². The molecule has 3 N–H and O–H groups in total. The average Bonchev–Trinajstić information content (AvgIpc) is 2.78. The number of hydrogen-bond acceptors (Lipinski definition) is 3. The Morgan fingerprint density at radius 3 is 2.69 bits per heavy atom. The van der Waals surface area contributed by atoms with E-state index in [2.05, 4.69) is 4.90 Å². The Hall–Kier alpha value is -0.190. The molecule has 0 radical (unpaired) electrons. The fourth-order valence-corrected chi connectivity index (χ4v) is 1.55. The second-order valence-corrected chi connectivity index (χ2v) is 4.32. The van der Waals surface area contributed by atoms with Crippen LogP contribution < -0.4 is 5.73 Å². The Bertz CT molecular complexity index is 180. The van der Waals surface area contributed by atoms with Crippen molar-refractivity contribution in [3.8, 4) is 0 Å². The Balaban J connectivity index is 2.25. The Morgan fingerprint density at radius 2 is 2.31 bits per heavy atom. The smallest absolute Gasteiger partial charge is 0.0740 e. The van der Waals surface area contributed by atoms with E-state index in [0.29, 0.717) is 11.0 Å². The quantitative estimate of drug-likeness (QED) is 0.616. The summed E-state index contributed by atoms with van der Waals surface area (Å²) < 4.78 is 0. The van der Waals surface area contributed by atoms with Crippen molar-refractivity contribution in [3.63, 3.8) is 0 Å². The molecule has 13 heavy (non-hydrogen) atoms. The molecular formula is C9H18N2OS. The van der Waals surface area contributed by atoms with Gasteiger partial charge >= 0.3 is 0 Å². The van der Waals surface area contributed by atoms with Crippen LogP contribution in [0.4, 0.5) is 0 Å². The molecule has 4 heteroatoms. The van der Waals surface area contributed by atoms with Crippen molar-refractivity contribution in [3.05, 3.63) is 0 Å². The van der Waals surface area contributed by atoms with Crippen LogP contribution in [0.5, 0.6) is 0 Å². The average molecular weight is 202 g/mol. The summed E-state index contributed by atoms with van der Waals surface area (Å²) in [7, 11) is 0. The highest BCUT2D eigenvalue weighted by atomic mass is 32.1. The zero-order valence-electron chi connectivity index (χ0n) is 8.07. The molecule has 1 rings (SSSR count). The summed E-state index contributed by atoms with van der Waals surface area (Å²) in [5, 5.41) is 9.26. The molecule has 1 aliphatic rings. The zero-order valence-corrected chi connectivity index (χ0v) is 8.89.